The Balaban J connectivity index is 2.46. The van der Waals surface area contributed by atoms with Gasteiger partial charge in [-0.2, -0.15) is 0 Å². The molecular weight excluding hydrogens is 434 g/mol. The van der Waals surface area contributed by atoms with Gasteiger partial charge in [0.25, 0.3) is 0 Å². The van der Waals surface area contributed by atoms with Crippen molar-refractivity contribution in [2.45, 2.75) is 25.7 Å². The zero-order valence-corrected chi connectivity index (χ0v) is 15.1. The number of hydrogen-bond acceptors (Lipinski definition) is 0. The van der Waals surface area contributed by atoms with Crippen LogP contribution in [-0.4, -0.2) is 0 Å². The van der Waals surface area contributed by atoms with Crippen molar-refractivity contribution in [3.05, 3.63) is 60.2 Å². The number of aryl methyl sites for hydroxylation is 3. The minimum atomic E-state index is -9.61. The number of rotatable bonds is 3. The molecule has 0 aliphatic rings. The average molecular weight is 449 g/mol. The van der Waals surface area contributed by atoms with Gasteiger partial charge in [-0.05, 0) is 0 Å². The third-order valence-corrected chi connectivity index (χ3v) is 7.71. The fourth-order valence-corrected chi connectivity index (χ4v) is 5.75. The molecule has 0 aliphatic carbocycles. The first-order valence-electron chi connectivity index (χ1n) is 6.33. The van der Waals surface area contributed by atoms with Crippen LogP contribution >= 0.6 is 10.2 Å². The van der Waals surface area contributed by atoms with E-state index in [0.717, 1.165) is 26.3 Å². The second kappa shape index (κ2) is 4.83. The van der Waals surface area contributed by atoms with Crippen molar-refractivity contribution in [3.63, 3.8) is 0 Å². The summed E-state index contributed by atoms with van der Waals surface area (Å²) in [4.78, 5) is -1.81. The molecule has 0 heterocycles. The first-order chi connectivity index (χ1) is 9.76. The molecule has 0 saturated carbocycles. The van der Waals surface area contributed by atoms with Gasteiger partial charge in [0, 0.05) is 0 Å². The van der Waals surface area contributed by atoms with Crippen LogP contribution < -0.4 is 21.2 Å². The SMILES string of the molecule is Cc1cc(C)c([I-]c2cccc(S(F)(F)(F)(F)F)c2)c(C)c1. The van der Waals surface area contributed by atoms with Crippen LogP contribution in [0.5, 0.6) is 0 Å². The van der Waals surface area contributed by atoms with Gasteiger partial charge in [-0.25, -0.2) is 0 Å². The summed E-state index contributed by atoms with van der Waals surface area (Å²) >= 11 is -0.953. The first-order valence-corrected chi connectivity index (χ1v) is 10.4. The van der Waals surface area contributed by atoms with Gasteiger partial charge in [-0.1, -0.05) is 0 Å². The van der Waals surface area contributed by atoms with Crippen LogP contribution in [0.4, 0.5) is 19.4 Å². The number of benzene rings is 2. The maximum absolute atomic E-state index is 12.9. The van der Waals surface area contributed by atoms with Crippen LogP contribution in [0, 0.1) is 27.9 Å². The Morgan fingerprint density at radius 2 is 1.36 bits per heavy atom. The van der Waals surface area contributed by atoms with Crippen molar-refractivity contribution >= 4 is 10.2 Å². The van der Waals surface area contributed by atoms with Gasteiger partial charge in [0.05, 0.1) is 0 Å². The predicted octanol–water partition coefficient (Wildman–Crippen LogP) is 3.40. The molecule has 0 atom stereocenters. The summed E-state index contributed by atoms with van der Waals surface area (Å²) in [7, 11) is -9.61. The summed E-state index contributed by atoms with van der Waals surface area (Å²) < 4.78 is 65.8. The average Bonchev–Trinajstić information content (AvgIpc) is 2.31. The third kappa shape index (κ3) is 4.13. The van der Waals surface area contributed by atoms with Gasteiger partial charge in [-0.3, -0.25) is 0 Å². The van der Waals surface area contributed by atoms with Crippen molar-refractivity contribution in [2.24, 2.45) is 0 Å². The van der Waals surface area contributed by atoms with Gasteiger partial charge in [-0.15, -0.1) is 0 Å². The van der Waals surface area contributed by atoms with E-state index in [1.807, 2.05) is 32.9 Å². The molecule has 0 saturated heterocycles. The number of halogens is 6. The standard InChI is InChI=1S/C15H15F5IS/c1-10-7-11(2)15(12(3)8-10)21-13-5-4-6-14(9-13)22(16,17,18,19)20/h4-9H,1-3H3/q-1. The molecule has 7 heteroatoms. The van der Waals surface area contributed by atoms with E-state index in [2.05, 4.69) is 0 Å². The van der Waals surface area contributed by atoms with E-state index in [0.29, 0.717) is 15.7 Å². The van der Waals surface area contributed by atoms with E-state index < -0.39 is 36.3 Å². The normalized spacial score (nSPS) is 15.5. The second-order valence-corrected chi connectivity index (χ2v) is 10.5. The molecule has 22 heavy (non-hydrogen) atoms. The molecule has 0 nitrogen and oxygen atoms in total. The van der Waals surface area contributed by atoms with E-state index >= 15 is 0 Å². The maximum atomic E-state index is 12.9. The topological polar surface area (TPSA) is 0 Å². The first kappa shape index (κ1) is 17.5. The summed E-state index contributed by atoms with van der Waals surface area (Å²) in [5.41, 5.74) is 3.05. The van der Waals surface area contributed by atoms with Crippen LogP contribution in [0.25, 0.3) is 0 Å². The van der Waals surface area contributed by atoms with Crippen LogP contribution in [0.1, 0.15) is 16.7 Å². The van der Waals surface area contributed by atoms with Crippen molar-refractivity contribution < 1.29 is 40.6 Å². The van der Waals surface area contributed by atoms with E-state index in [-0.39, 0.29) is 0 Å². The van der Waals surface area contributed by atoms with Gasteiger partial charge >= 0.3 is 137 Å². The van der Waals surface area contributed by atoms with E-state index in [9.17, 15) is 19.4 Å². The minimum absolute atomic E-state index is 0.333. The number of hydrogen-bond donors (Lipinski definition) is 0. The van der Waals surface area contributed by atoms with Crippen molar-refractivity contribution in [3.8, 4) is 0 Å². The molecule has 0 spiro atoms. The van der Waals surface area contributed by atoms with Gasteiger partial charge < -0.3 is 0 Å². The van der Waals surface area contributed by atoms with Crippen molar-refractivity contribution in [1.29, 1.82) is 0 Å². The molecule has 0 aromatic heterocycles. The summed E-state index contributed by atoms with van der Waals surface area (Å²) in [6.45, 7) is 5.73. The van der Waals surface area contributed by atoms with Gasteiger partial charge in [0.15, 0.2) is 0 Å². The molecule has 124 valence electrons. The zero-order valence-electron chi connectivity index (χ0n) is 12.1. The fourth-order valence-electron chi connectivity index (χ4n) is 2.19. The monoisotopic (exact) mass is 449 g/mol. The molecule has 0 aliphatic heterocycles. The van der Waals surface area contributed by atoms with Crippen molar-refractivity contribution in [1.82, 2.24) is 0 Å². The third-order valence-electron chi connectivity index (χ3n) is 3.03. The van der Waals surface area contributed by atoms with Crippen LogP contribution in [0.15, 0.2) is 41.3 Å². The van der Waals surface area contributed by atoms with E-state index in [4.69, 9.17) is 0 Å². The summed E-state index contributed by atoms with van der Waals surface area (Å²) in [6.07, 6.45) is 0. The van der Waals surface area contributed by atoms with Crippen molar-refractivity contribution in [2.75, 3.05) is 0 Å². The molecular formula is C15H15F5IS-. The molecule has 0 radical (unpaired) electrons. The molecule has 0 bridgehead atoms. The molecule has 2 aromatic carbocycles. The Hall–Kier alpha value is -0.830. The quantitative estimate of drug-likeness (QED) is 0.498. The molecule has 2 aromatic rings. The summed E-state index contributed by atoms with van der Waals surface area (Å²) in [5.74, 6) is 0. The summed E-state index contributed by atoms with van der Waals surface area (Å²) in [5, 5.41) is 0. The van der Waals surface area contributed by atoms with Crippen LogP contribution in [-0.2, 0) is 0 Å². The molecule has 0 N–H and O–H groups in total. The Labute approximate surface area is 136 Å². The predicted molar refractivity (Wildman–Crippen MR) is 75.9 cm³/mol. The zero-order chi connectivity index (χ0) is 16.8. The molecule has 2 rings (SSSR count). The Kier molecular flexibility index (Phi) is 3.85. The van der Waals surface area contributed by atoms with E-state index in [1.165, 1.54) is 6.07 Å². The molecule has 0 unspecified atom stereocenters. The summed E-state index contributed by atoms with van der Waals surface area (Å²) in [6, 6.07) is 7.50. The van der Waals surface area contributed by atoms with E-state index in [1.54, 1.807) is 0 Å². The Morgan fingerprint density at radius 3 is 1.86 bits per heavy atom. The fraction of sp³-hybridized carbons (Fsp3) is 0.200. The molecule has 0 amide bonds. The Morgan fingerprint density at radius 1 is 0.818 bits per heavy atom. The molecule has 0 fully saturated rings. The van der Waals surface area contributed by atoms with Crippen LogP contribution in [0.2, 0.25) is 0 Å². The van der Waals surface area contributed by atoms with Crippen LogP contribution in [0.3, 0.4) is 0 Å². The van der Waals surface area contributed by atoms with Gasteiger partial charge in [0.2, 0.25) is 0 Å². The van der Waals surface area contributed by atoms with Gasteiger partial charge in [0.1, 0.15) is 0 Å². The Bertz CT molecular complexity index is 714. The second-order valence-electron chi connectivity index (χ2n) is 5.23.